The lowest BCUT2D eigenvalue weighted by atomic mass is 10.2. The first kappa shape index (κ1) is 27.4. The standard InChI is InChI=1S/C26H44O5/c1-4-7-9-11-13-19-28-21-25(30-20-14-12-10-8-5-2)22-31-24-17-15-23(16-18-24)26(27)29-6-3/h15-18,25H,4-14,19-22H2,1-3H3. The Morgan fingerprint density at radius 1 is 0.774 bits per heavy atom. The van der Waals surface area contributed by atoms with Crippen LogP contribution in [0.3, 0.4) is 0 Å². The van der Waals surface area contributed by atoms with Crippen molar-refractivity contribution in [2.75, 3.05) is 33.0 Å². The number of unbranched alkanes of at least 4 members (excludes halogenated alkanes) is 8. The van der Waals surface area contributed by atoms with Gasteiger partial charge in [-0.1, -0.05) is 65.2 Å². The number of rotatable bonds is 20. The number of ether oxygens (including phenoxy) is 4. The largest absolute Gasteiger partial charge is 0.491 e. The van der Waals surface area contributed by atoms with E-state index in [2.05, 4.69) is 13.8 Å². The van der Waals surface area contributed by atoms with Crippen LogP contribution in [0.2, 0.25) is 0 Å². The summed E-state index contributed by atoms with van der Waals surface area (Å²) in [7, 11) is 0. The molecule has 0 aliphatic carbocycles. The molecule has 0 spiro atoms. The van der Waals surface area contributed by atoms with Crippen molar-refractivity contribution in [2.45, 2.75) is 91.1 Å². The SMILES string of the molecule is CCCCCCCOCC(COc1ccc(C(=O)OCC)cc1)OCCCCCCC. The predicted octanol–water partition coefficient (Wildman–Crippen LogP) is 6.58. The molecule has 0 heterocycles. The molecule has 0 amide bonds. The van der Waals surface area contributed by atoms with Crippen molar-refractivity contribution in [1.82, 2.24) is 0 Å². The third-order valence-electron chi connectivity index (χ3n) is 5.10. The maximum atomic E-state index is 11.8. The number of carbonyl (C=O) groups excluding carboxylic acids is 1. The Morgan fingerprint density at radius 3 is 2.00 bits per heavy atom. The summed E-state index contributed by atoms with van der Waals surface area (Å²) in [5, 5.41) is 0. The maximum Gasteiger partial charge on any atom is 0.338 e. The summed E-state index contributed by atoms with van der Waals surface area (Å²) in [4.78, 5) is 11.8. The van der Waals surface area contributed by atoms with Gasteiger partial charge in [-0.05, 0) is 44.0 Å². The maximum absolute atomic E-state index is 11.8. The van der Waals surface area contributed by atoms with Gasteiger partial charge in [0.1, 0.15) is 18.5 Å². The summed E-state index contributed by atoms with van der Waals surface area (Å²) in [5.41, 5.74) is 0.528. The van der Waals surface area contributed by atoms with Crippen molar-refractivity contribution in [1.29, 1.82) is 0 Å². The first-order valence-electron chi connectivity index (χ1n) is 12.3. The number of benzene rings is 1. The molecular formula is C26H44O5. The zero-order valence-corrected chi connectivity index (χ0v) is 20.0. The van der Waals surface area contributed by atoms with Gasteiger partial charge in [-0.15, -0.1) is 0 Å². The lowest BCUT2D eigenvalue weighted by molar-refractivity contribution is -0.0389. The number of hydrogen-bond acceptors (Lipinski definition) is 5. The van der Waals surface area contributed by atoms with Gasteiger partial charge < -0.3 is 18.9 Å². The number of hydrogen-bond donors (Lipinski definition) is 0. The molecule has 0 radical (unpaired) electrons. The molecule has 0 N–H and O–H groups in total. The summed E-state index contributed by atoms with van der Waals surface area (Å²) in [6.07, 6.45) is 12.1. The highest BCUT2D eigenvalue weighted by atomic mass is 16.6. The van der Waals surface area contributed by atoms with Gasteiger partial charge >= 0.3 is 5.97 Å². The van der Waals surface area contributed by atoms with Gasteiger partial charge in [0.2, 0.25) is 0 Å². The van der Waals surface area contributed by atoms with Gasteiger partial charge in [0.05, 0.1) is 18.8 Å². The van der Waals surface area contributed by atoms with E-state index in [1.165, 1.54) is 51.4 Å². The van der Waals surface area contributed by atoms with Crippen LogP contribution in [0.1, 0.15) is 95.3 Å². The third kappa shape index (κ3) is 14.2. The highest BCUT2D eigenvalue weighted by molar-refractivity contribution is 5.89. The lowest BCUT2D eigenvalue weighted by Gasteiger charge is -2.19. The van der Waals surface area contributed by atoms with Gasteiger partial charge in [-0.3, -0.25) is 0 Å². The molecule has 0 saturated carbocycles. The van der Waals surface area contributed by atoms with E-state index in [-0.39, 0.29) is 12.1 Å². The van der Waals surface area contributed by atoms with Gasteiger partial charge in [-0.2, -0.15) is 0 Å². The van der Waals surface area contributed by atoms with Crippen molar-refractivity contribution in [2.24, 2.45) is 0 Å². The Morgan fingerprint density at radius 2 is 1.39 bits per heavy atom. The number of carbonyl (C=O) groups is 1. The first-order chi connectivity index (χ1) is 15.2. The minimum absolute atomic E-state index is 0.0912. The normalized spacial score (nSPS) is 12.0. The minimum atomic E-state index is -0.314. The van der Waals surface area contributed by atoms with Crippen LogP contribution in [-0.4, -0.2) is 45.1 Å². The molecule has 1 aromatic carbocycles. The van der Waals surface area contributed by atoms with Crippen molar-refractivity contribution in [3.63, 3.8) is 0 Å². The van der Waals surface area contributed by atoms with E-state index in [1.54, 1.807) is 31.2 Å². The van der Waals surface area contributed by atoms with Crippen LogP contribution in [0.4, 0.5) is 0 Å². The number of esters is 1. The van der Waals surface area contributed by atoms with Crippen molar-refractivity contribution >= 4 is 5.97 Å². The molecule has 0 aromatic heterocycles. The zero-order valence-electron chi connectivity index (χ0n) is 20.0. The van der Waals surface area contributed by atoms with E-state index in [0.717, 1.165) is 26.1 Å². The van der Waals surface area contributed by atoms with Crippen LogP contribution in [0.25, 0.3) is 0 Å². The van der Waals surface area contributed by atoms with Crippen LogP contribution < -0.4 is 4.74 Å². The molecule has 31 heavy (non-hydrogen) atoms. The van der Waals surface area contributed by atoms with E-state index in [4.69, 9.17) is 18.9 Å². The average molecular weight is 437 g/mol. The topological polar surface area (TPSA) is 54.0 Å². The molecule has 0 bridgehead atoms. The first-order valence-corrected chi connectivity index (χ1v) is 12.3. The summed E-state index contributed by atoms with van der Waals surface area (Å²) < 4.78 is 22.9. The van der Waals surface area contributed by atoms with Gasteiger partial charge in [0, 0.05) is 13.2 Å². The molecule has 178 valence electrons. The molecule has 1 aromatic rings. The molecule has 5 heteroatoms. The molecule has 1 unspecified atom stereocenters. The Kier molecular flexibility index (Phi) is 16.9. The molecule has 0 saturated heterocycles. The molecule has 1 rings (SSSR count). The van der Waals surface area contributed by atoms with E-state index in [0.29, 0.717) is 31.1 Å². The Hall–Kier alpha value is -1.59. The second-order valence-corrected chi connectivity index (χ2v) is 7.95. The van der Waals surface area contributed by atoms with E-state index >= 15 is 0 Å². The van der Waals surface area contributed by atoms with Gasteiger partial charge in [-0.25, -0.2) is 4.79 Å². The van der Waals surface area contributed by atoms with Crippen LogP contribution in [-0.2, 0) is 14.2 Å². The van der Waals surface area contributed by atoms with E-state index in [9.17, 15) is 4.79 Å². The molecule has 5 nitrogen and oxygen atoms in total. The summed E-state index contributed by atoms with van der Waals surface area (Å²) in [6, 6.07) is 7.04. The van der Waals surface area contributed by atoms with Crippen molar-refractivity contribution < 1.29 is 23.7 Å². The molecule has 1 atom stereocenters. The van der Waals surface area contributed by atoms with Crippen LogP contribution >= 0.6 is 0 Å². The highest BCUT2D eigenvalue weighted by Crippen LogP contribution is 2.14. The Balaban J connectivity index is 2.39. The fourth-order valence-corrected chi connectivity index (χ4v) is 3.21. The van der Waals surface area contributed by atoms with E-state index < -0.39 is 0 Å². The predicted molar refractivity (Wildman–Crippen MR) is 126 cm³/mol. The quantitative estimate of drug-likeness (QED) is 0.171. The summed E-state index contributed by atoms with van der Waals surface area (Å²) in [6.45, 7) is 9.11. The second kappa shape index (κ2) is 19.1. The fraction of sp³-hybridized carbons (Fsp3) is 0.731. The molecule has 0 fully saturated rings. The monoisotopic (exact) mass is 436 g/mol. The lowest BCUT2D eigenvalue weighted by Crippen LogP contribution is -2.28. The van der Waals surface area contributed by atoms with Crippen LogP contribution in [0.15, 0.2) is 24.3 Å². The van der Waals surface area contributed by atoms with Crippen molar-refractivity contribution in [3.05, 3.63) is 29.8 Å². The van der Waals surface area contributed by atoms with Crippen LogP contribution in [0, 0.1) is 0 Å². The van der Waals surface area contributed by atoms with Crippen molar-refractivity contribution in [3.8, 4) is 5.75 Å². The highest BCUT2D eigenvalue weighted by Gasteiger charge is 2.12. The third-order valence-corrected chi connectivity index (χ3v) is 5.10. The average Bonchev–Trinajstić information content (AvgIpc) is 2.79. The Bertz CT molecular complexity index is 543. The smallest absolute Gasteiger partial charge is 0.338 e. The van der Waals surface area contributed by atoms with Gasteiger partial charge in [0.25, 0.3) is 0 Å². The molecular weight excluding hydrogens is 392 g/mol. The zero-order chi connectivity index (χ0) is 22.6. The van der Waals surface area contributed by atoms with Crippen LogP contribution in [0.5, 0.6) is 5.75 Å². The summed E-state index contributed by atoms with van der Waals surface area (Å²) in [5.74, 6) is 0.398. The van der Waals surface area contributed by atoms with E-state index in [1.807, 2.05) is 0 Å². The molecule has 0 aliphatic heterocycles. The minimum Gasteiger partial charge on any atom is -0.491 e. The summed E-state index contributed by atoms with van der Waals surface area (Å²) >= 11 is 0. The molecule has 0 aliphatic rings. The second-order valence-electron chi connectivity index (χ2n) is 7.95. The Labute approximate surface area is 189 Å². The fourth-order valence-electron chi connectivity index (χ4n) is 3.21. The van der Waals surface area contributed by atoms with Gasteiger partial charge in [0.15, 0.2) is 0 Å².